The Kier molecular flexibility index (Phi) is 2.84. The molecular formula is C13H13NO. The molecule has 2 heteroatoms. The van der Waals surface area contributed by atoms with Gasteiger partial charge in [-0.2, -0.15) is 5.26 Å². The van der Waals surface area contributed by atoms with Crippen molar-refractivity contribution in [3.63, 3.8) is 0 Å². The highest BCUT2D eigenvalue weighted by molar-refractivity contribution is 5.70. The molecule has 76 valence electrons. The first-order valence-electron chi connectivity index (χ1n) is 5.16. The molecule has 1 aliphatic carbocycles. The smallest absolute Gasteiger partial charge is 0.0727 e. The first kappa shape index (κ1) is 9.95. The van der Waals surface area contributed by atoms with E-state index in [9.17, 15) is 5.11 Å². The minimum Gasteiger partial charge on any atom is -0.389 e. The van der Waals surface area contributed by atoms with E-state index in [1.807, 2.05) is 36.4 Å². The third kappa shape index (κ3) is 2.08. The second kappa shape index (κ2) is 4.29. The average molecular weight is 199 g/mol. The van der Waals surface area contributed by atoms with Crippen molar-refractivity contribution in [3.05, 3.63) is 42.0 Å². The maximum Gasteiger partial charge on any atom is 0.0727 e. The predicted molar refractivity (Wildman–Crippen MR) is 58.8 cm³/mol. The summed E-state index contributed by atoms with van der Waals surface area (Å²) < 4.78 is 0. The van der Waals surface area contributed by atoms with E-state index in [1.165, 1.54) is 0 Å². The maximum absolute atomic E-state index is 9.57. The van der Waals surface area contributed by atoms with Crippen molar-refractivity contribution in [1.29, 1.82) is 5.26 Å². The number of hydrogen-bond donors (Lipinski definition) is 1. The van der Waals surface area contributed by atoms with Crippen LogP contribution in [0.1, 0.15) is 18.4 Å². The van der Waals surface area contributed by atoms with Crippen LogP contribution < -0.4 is 0 Å². The van der Waals surface area contributed by atoms with Crippen LogP contribution in [0.4, 0.5) is 0 Å². The van der Waals surface area contributed by atoms with Gasteiger partial charge in [-0.05, 0) is 24.0 Å². The SMILES string of the molecule is N#CC1CCC(O)C=C1c1ccccc1. The first-order chi connectivity index (χ1) is 7.31. The Labute approximate surface area is 89.5 Å². The molecule has 0 amide bonds. The Morgan fingerprint density at radius 3 is 2.60 bits per heavy atom. The fourth-order valence-corrected chi connectivity index (χ4v) is 1.96. The number of benzene rings is 1. The van der Waals surface area contributed by atoms with E-state index in [4.69, 9.17) is 5.26 Å². The molecule has 15 heavy (non-hydrogen) atoms. The van der Waals surface area contributed by atoms with Gasteiger partial charge in [0.15, 0.2) is 0 Å². The van der Waals surface area contributed by atoms with Gasteiger partial charge in [-0.15, -0.1) is 0 Å². The average Bonchev–Trinajstić information content (AvgIpc) is 2.30. The van der Waals surface area contributed by atoms with Gasteiger partial charge in [-0.1, -0.05) is 36.4 Å². The minimum absolute atomic E-state index is 0.0733. The summed E-state index contributed by atoms with van der Waals surface area (Å²) in [5.41, 5.74) is 2.01. The summed E-state index contributed by atoms with van der Waals surface area (Å²) >= 11 is 0. The van der Waals surface area contributed by atoms with Gasteiger partial charge in [0, 0.05) is 0 Å². The summed E-state index contributed by atoms with van der Waals surface area (Å²) in [4.78, 5) is 0. The van der Waals surface area contributed by atoms with Crippen molar-refractivity contribution in [2.75, 3.05) is 0 Å². The molecule has 0 radical (unpaired) electrons. The number of allylic oxidation sites excluding steroid dienone is 1. The minimum atomic E-state index is -0.398. The number of rotatable bonds is 1. The molecule has 0 aliphatic heterocycles. The van der Waals surface area contributed by atoms with Crippen LogP contribution in [0.25, 0.3) is 5.57 Å². The summed E-state index contributed by atoms with van der Waals surface area (Å²) in [5, 5.41) is 18.6. The number of nitriles is 1. The molecular weight excluding hydrogens is 186 g/mol. The van der Waals surface area contributed by atoms with Crippen LogP contribution >= 0.6 is 0 Å². The molecule has 0 aromatic heterocycles. The van der Waals surface area contributed by atoms with Gasteiger partial charge < -0.3 is 5.11 Å². The lowest BCUT2D eigenvalue weighted by atomic mass is 9.83. The fourth-order valence-electron chi connectivity index (χ4n) is 1.96. The molecule has 2 atom stereocenters. The summed E-state index contributed by atoms with van der Waals surface area (Å²) in [6.07, 6.45) is 2.85. The Morgan fingerprint density at radius 1 is 1.20 bits per heavy atom. The van der Waals surface area contributed by atoms with E-state index in [0.717, 1.165) is 17.6 Å². The molecule has 1 aromatic carbocycles. The number of aliphatic hydroxyl groups excluding tert-OH is 1. The van der Waals surface area contributed by atoms with E-state index in [2.05, 4.69) is 6.07 Å². The molecule has 0 bridgehead atoms. The van der Waals surface area contributed by atoms with E-state index >= 15 is 0 Å². The lowest BCUT2D eigenvalue weighted by Crippen LogP contribution is -2.15. The van der Waals surface area contributed by atoms with Gasteiger partial charge in [0.05, 0.1) is 18.1 Å². The zero-order chi connectivity index (χ0) is 10.7. The lowest BCUT2D eigenvalue weighted by molar-refractivity contribution is 0.202. The normalized spacial score (nSPS) is 25.5. The Balaban J connectivity index is 2.37. The predicted octanol–water partition coefficient (Wildman–Crippen LogP) is 2.36. The molecule has 0 fully saturated rings. The van der Waals surface area contributed by atoms with Crippen molar-refractivity contribution in [3.8, 4) is 6.07 Å². The van der Waals surface area contributed by atoms with Crippen LogP contribution in [0.2, 0.25) is 0 Å². The van der Waals surface area contributed by atoms with Gasteiger partial charge in [0.1, 0.15) is 0 Å². The Hall–Kier alpha value is -1.59. The topological polar surface area (TPSA) is 44.0 Å². The molecule has 1 aromatic rings. The number of hydrogen-bond acceptors (Lipinski definition) is 2. The second-order valence-electron chi connectivity index (χ2n) is 3.81. The highest BCUT2D eigenvalue weighted by atomic mass is 16.3. The van der Waals surface area contributed by atoms with Crippen molar-refractivity contribution in [1.82, 2.24) is 0 Å². The zero-order valence-corrected chi connectivity index (χ0v) is 8.43. The van der Waals surface area contributed by atoms with Gasteiger partial charge >= 0.3 is 0 Å². The Morgan fingerprint density at radius 2 is 1.93 bits per heavy atom. The molecule has 2 unspecified atom stereocenters. The van der Waals surface area contributed by atoms with Crippen LogP contribution in [-0.2, 0) is 0 Å². The second-order valence-corrected chi connectivity index (χ2v) is 3.81. The lowest BCUT2D eigenvalue weighted by Gasteiger charge is -2.21. The van der Waals surface area contributed by atoms with E-state index in [1.54, 1.807) is 0 Å². The molecule has 0 heterocycles. The fraction of sp³-hybridized carbons (Fsp3) is 0.308. The molecule has 0 saturated heterocycles. The zero-order valence-electron chi connectivity index (χ0n) is 8.43. The molecule has 2 nitrogen and oxygen atoms in total. The van der Waals surface area contributed by atoms with Crippen LogP contribution in [0.3, 0.4) is 0 Å². The largest absolute Gasteiger partial charge is 0.389 e. The monoisotopic (exact) mass is 199 g/mol. The summed E-state index contributed by atoms with van der Waals surface area (Å²) in [5.74, 6) is -0.0733. The first-order valence-corrected chi connectivity index (χ1v) is 5.16. The molecule has 1 N–H and O–H groups in total. The summed E-state index contributed by atoms with van der Waals surface area (Å²) in [7, 11) is 0. The molecule has 0 saturated carbocycles. The maximum atomic E-state index is 9.57. The summed E-state index contributed by atoms with van der Waals surface area (Å²) in [6.45, 7) is 0. The third-order valence-corrected chi connectivity index (χ3v) is 2.76. The van der Waals surface area contributed by atoms with E-state index in [-0.39, 0.29) is 5.92 Å². The van der Waals surface area contributed by atoms with Gasteiger partial charge in [-0.25, -0.2) is 0 Å². The highest BCUT2D eigenvalue weighted by Gasteiger charge is 2.22. The Bertz CT molecular complexity index is 402. The van der Waals surface area contributed by atoms with Crippen LogP contribution in [0, 0.1) is 17.2 Å². The van der Waals surface area contributed by atoms with Gasteiger partial charge in [-0.3, -0.25) is 0 Å². The molecule has 2 rings (SSSR count). The van der Waals surface area contributed by atoms with Crippen LogP contribution in [0.5, 0.6) is 0 Å². The van der Waals surface area contributed by atoms with Gasteiger partial charge in [0.2, 0.25) is 0 Å². The third-order valence-electron chi connectivity index (χ3n) is 2.76. The van der Waals surface area contributed by atoms with E-state index in [0.29, 0.717) is 6.42 Å². The summed E-state index contributed by atoms with van der Waals surface area (Å²) in [6, 6.07) is 12.1. The van der Waals surface area contributed by atoms with Crippen LogP contribution in [-0.4, -0.2) is 11.2 Å². The number of aliphatic hydroxyl groups is 1. The van der Waals surface area contributed by atoms with Gasteiger partial charge in [0.25, 0.3) is 0 Å². The van der Waals surface area contributed by atoms with E-state index < -0.39 is 6.10 Å². The van der Waals surface area contributed by atoms with Crippen LogP contribution in [0.15, 0.2) is 36.4 Å². The molecule has 1 aliphatic rings. The van der Waals surface area contributed by atoms with Crippen molar-refractivity contribution in [2.24, 2.45) is 5.92 Å². The number of nitrogens with zero attached hydrogens (tertiary/aromatic N) is 1. The highest BCUT2D eigenvalue weighted by Crippen LogP contribution is 2.31. The quantitative estimate of drug-likeness (QED) is 0.754. The van der Waals surface area contributed by atoms with Crippen molar-refractivity contribution >= 4 is 5.57 Å². The van der Waals surface area contributed by atoms with Crippen molar-refractivity contribution < 1.29 is 5.11 Å². The molecule has 0 spiro atoms. The standard InChI is InChI=1S/C13H13NO/c14-9-11-6-7-12(15)8-13(11)10-4-2-1-3-5-10/h1-5,8,11-12,15H,6-7H2. The van der Waals surface area contributed by atoms with Crippen molar-refractivity contribution in [2.45, 2.75) is 18.9 Å².